The van der Waals surface area contributed by atoms with Crippen LogP contribution in [0.15, 0.2) is 41.3 Å². The lowest BCUT2D eigenvalue weighted by Gasteiger charge is -2.05. The van der Waals surface area contributed by atoms with Gasteiger partial charge in [-0.2, -0.15) is 0 Å². The Bertz CT molecular complexity index is 277. The van der Waals surface area contributed by atoms with E-state index in [0.717, 1.165) is 17.8 Å². The van der Waals surface area contributed by atoms with Crippen molar-refractivity contribution < 1.29 is 0 Å². The number of rotatable bonds is 4. The Hall–Kier alpha value is -0.890. The summed E-state index contributed by atoms with van der Waals surface area (Å²) in [5.74, 6) is 0. The third-order valence-electron chi connectivity index (χ3n) is 1.68. The van der Waals surface area contributed by atoms with Gasteiger partial charge in [-0.1, -0.05) is 12.2 Å². The Morgan fingerprint density at radius 2 is 2.00 bits per heavy atom. The van der Waals surface area contributed by atoms with Crippen LogP contribution in [0.2, 0.25) is 0 Å². The monoisotopic (exact) mass is 193 g/mol. The first kappa shape index (κ1) is 10.2. The molecule has 0 saturated heterocycles. The average molecular weight is 193 g/mol. The van der Waals surface area contributed by atoms with Crippen LogP contribution in [0.25, 0.3) is 0 Å². The van der Waals surface area contributed by atoms with E-state index in [2.05, 4.69) is 42.4 Å². The first-order valence-corrected chi connectivity index (χ1v) is 5.47. The summed E-state index contributed by atoms with van der Waals surface area (Å²) >= 11 is 1.76. The quantitative estimate of drug-likeness (QED) is 0.581. The van der Waals surface area contributed by atoms with E-state index >= 15 is 0 Å². The van der Waals surface area contributed by atoms with E-state index in [1.165, 1.54) is 4.90 Å². The number of hydrogen-bond donors (Lipinski definition) is 1. The Labute approximate surface area is 84.2 Å². The maximum Gasteiger partial charge on any atom is 0.0354 e. The molecule has 0 atom stereocenters. The van der Waals surface area contributed by atoms with Crippen LogP contribution in [0.3, 0.4) is 0 Å². The van der Waals surface area contributed by atoms with Crippen molar-refractivity contribution in [3.05, 3.63) is 36.4 Å². The normalized spacial score (nSPS) is 9.69. The van der Waals surface area contributed by atoms with Gasteiger partial charge in [0.1, 0.15) is 0 Å². The third kappa shape index (κ3) is 3.55. The molecule has 0 aliphatic heterocycles. The van der Waals surface area contributed by atoms with Crippen molar-refractivity contribution in [2.24, 2.45) is 0 Å². The average Bonchev–Trinajstić information content (AvgIpc) is 2.15. The molecule has 1 nitrogen and oxygen atoms in total. The first-order valence-electron chi connectivity index (χ1n) is 4.24. The fourth-order valence-electron chi connectivity index (χ4n) is 0.962. The molecule has 1 aromatic carbocycles. The van der Waals surface area contributed by atoms with Crippen molar-refractivity contribution in [1.29, 1.82) is 0 Å². The van der Waals surface area contributed by atoms with Gasteiger partial charge in [0.05, 0.1) is 0 Å². The summed E-state index contributed by atoms with van der Waals surface area (Å²) in [7, 11) is 0. The van der Waals surface area contributed by atoms with Crippen LogP contribution < -0.4 is 5.32 Å². The summed E-state index contributed by atoms with van der Waals surface area (Å²) in [6.45, 7) is 6.70. The minimum Gasteiger partial charge on any atom is -0.381 e. The lowest BCUT2D eigenvalue weighted by atomic mass is 10.3. The van der Waals surface area contributed by atoms with Crippen LogP contribution in [-0.2, 0) is 0 Å². The number of thioether (sulfide) groups is 1. The van der Waals surface area contributed by atoms with Gasteiger partial charge in [0.2, 0.25) is 0 Å². The molecule has 1 aromatic rings. The maximum atomic E-state index is 3.84. The van der Waals surface area contributed by atoms with E-state index in [4.69, 9.17) is 0 Å². The molecule has 70 valence electrons. The lowest BCUT2D eigenvalue weighted by Crippen LogP contribution is -2.01. The summed E-state index contributed by atoms with van der Waals surface area (Å²) in [5.41, 5.74) is 2.30. The Kier molecular flexibility index (Phi) is 3.90. The zero-order chi connectivity index (χ0) is 9.68. The molecule has 0 saturated carbocycles. The van der Waals surface area contributed by atoms with Gasteiger partial charge in [0, 0.05) is 17.1 Å². The fourth-order valence-corrected chi connectivity index (χ4v) is 1.37. The molecule has 0 heterocycles. The molecule has 13 heavy (non-hydrogen) atoms. The summed E-state index contributed by atoms with van der Waals surface area (Å²) in [4.78, 5) is 1.29. The molecule has 2 heteroatoms. The van der Waals surface area contributed by atoms with Crippen molar-refractivity contribution in [1.82, 2.24) is 0 Å². The van der Waals surface area contributed by atoms with Gasteiger partial charge in [-0.15, -0.1) is 11.8 Å². The predicted molar refractivity (Wildman–Crippen MR) is 61.5 cm³/mol. The van der Waals surface area contributed by atoms with Crippen LogP contribution in [0.1, 0.15) is 6.92 Å². The second kappa shape index (κ2) is 4.97. The molecule has 0 radical (unpaired) electrons. The highest BCUT2D eigenvalue weighted by molar-refractivity contribution is 7.98. The van der Waals surface area contributed by atoms with Gasteiger partial charge >= 0.3 is 0 Å². The van der Waals surface area contributed by atoms with Crippen LogP contribution in [-0.4, -0.2) is 12.8 Å². The summed E-state index contributed by atoms with van der Waals surface area (Å²) in [6, 6.07) is 8.42. The predicted octanol–water partition coefficient (Wildman–Crippen LogP) is 3.40. The highest BCUT2D eigenvalue weighted by Gasteiger charge is 1.92. The largest absolute Gasteiger partial charge is 0.381 e. The van der Waals surface area contributed by atoms with E-state index < -0.39 is 0 Å². The van der Waals surface area contributed by atoms with Crippen LogP contribution >= 0.6 is 11.8 Å². The second-order valence-corrected chi connectivity index (χ2v) is 3.92. The minimum absolute atomic E-state index is 0.846. The van der Waals surface area contributed by atoms with Crippen LogP contribution in [0, 0.1) is 0 Å². The van der Waals surface area contributed by atoms with E-state index in [-0.39, 0.29) is 0 Å². The van der Waals surface area contributed by atoms with Crippen LogP contribution in [0.5, 0.6) is 0 Å². The van der Waals surface area contributed by atoms with Crippen molar-refractivity contribution in [2.45, 2.75) is 11.8 Å². The third-order valence-corrected chi connectivity index (χ3v) is 2.43. The summed E-state index contributed by atoms with van der Waals surface area (Å²) in [5, 5.41) is 3.29. The molecular weight excluding hydrogens is 178 g/mol. The van der Waals surface area contributed by atoms with Gasteiger partial charge in [0.15, 0.2) is 0 Å². The number of nitrogens with one attached hydrogen (secondary N) is 1. The van der Waals surface area contributed by atoms with E-state index in [0.29, 0.717) is 0 Å². The lowest BCUT2D eigenvalue weighted by molar-refractivity contribution is 1.21. The first-order chi connectivity index (χ1) is 6.22. The van der Waals surface area contributed by atoms with E-state index in [9.17, 15) is 0 Å². The molecule has 1 N–H and O–H groups in total. The molecule has 0 unspecified atom stereocenters. The fraction of sp³-hybridized carbons (Fsp3) is 0.273. The molecule has 0 spiro atoms. The minimum atomic E-state index is 0.846. The molecule has 0 aliphatic carbocycles. The van der Waals surface area contributed by atoms with Crippen molar-refractivity contribution >= 4 is 17.4 Å². The van der Waals surface area contributed by atoms with Gasteiger partial charge in [-0.05, 0) is 37.4 Å². The number of hydrogen-bond acceptors (Lipinski definition) is 2. The van der Waals surface area contributed by atoms with Crippen molar-refractivity contribution in [2.75, 3.05) is 18.1 Å². The highest BCUT2D eigenvalue weighted by atomic mass is 32.2. The van der Waals surface area contributed by atoms with Crippen molar-refractivity contribution in [3.63, 3.8) is 0 Å². The molecular formula is C11H15NS. The molecule has 0 amide bonds. The Balaban J connectivity index is 2.54. The standard InChI is InChI=1S/C11H15NS/c1-9(2)8-12-10-4-6-11(13-3)7-5-10/h4-7,12H,1,8H2,2-3H3. The number of benzene rings is 1. The molecule has 0 aromatic heterocycles. The second-order valence-electron chi connectivity index (χ2n) is 3.04. The zero-order valence-corrected chi connectivity index (χ0v) is 8.95. The summed E-state index contributed by atoms with van der Waals surface area (Å²) in [6.07, 6.45) is 2.08. The highest BCUT2D eigenvalue weighted by Crippen LogP contribution is 2.17. The van der Waals surface area contributed by atoms with Gasteiger partial charge in [-0.3, -0.25) is 0 Å². The molecule has 0 fully saturated rings. The number of anilines is 1. The van der Waals surface area contributed by atoms with Gasteiger partial charge < -0.3 is 5.32 Å². The Morgan fingerprint density at radius 3 is 2.46 bits per heavy atom. The summed E-state index contributed by atoms with van der Waals surface area (Å²) < 4.78 is 0. The van der Waals surface area contributed by atoms with Crippen molar-refractivity contribution in [3.8, 4) is 0 Å². The van der Waals surface area contributed by atoms with Gasteiger partial charge in [0.25, 0.3) is 0 Å². The maximum absolute atomic E-state index is 3.84. The molecule has 0 bridgehead atoms. The zero-order valence-electron chi connectivity index (χ0n) is 8.13. The SMILES string of the molecule is C=C(C)CNc1ccc(SC)cc1. The van der Waals surface area contributed by atoms with E-state index in [1.807, 2.05) is 6.92 Å². The smallest absolute Gasteiger partial charge is 0.0354 e. The topological polar surface area (TPSA) is 12.0 Å². The molecule has 0 aliphatic rings. The molecule has 1 rings (SSSR count). The Morgan fingerprint density at radius 1 is 1.38 bits per heavy atom. The van der Waals surface area contributed by atoms with E-state index in [1.54, 1.807) is 11.8 Å². The van der Waals surface area contributed by atoms with Crippen LogP contribution in [0.4, 0.5) is 5.69 Å². The van der Waals surface area contributed by atoms with Gasteiger partial charge in [-0.25, -0.2) is 0 Å².